The molecule has 7 rings (SSSR count). The number of halogens is 1. The summed E-state index contributed by atoms with van der Waals surface area (Å²) in [6.45, 7) is 8.12. The molecule has 3 aliphatic rings. The van der Waals surface area contributed by atoms with Crippen molar-refractivity contribution >= 4 is 23.1 Å². The van der Waals surface area contributed by atoms with E-state index < -0.39 is 10.3 Å². The fraction of sp³-hybridized carbons (Fsp3) is 0.345. The minimum Gasteiger partial charge on any atom is -0.494 e. The van der Waals surface area contributed by atoms with Crippen LogP contribution in [0, 0.1) is 0 Å². The number of anilines is 1. The summed E-state index contributed by atoms with van der Waals surface area (Å²) in [6, 6.07) is 8.79. The van der Waals surface area contributed by atoms with Crippen LogP contribution in [0.2, 0.25) is 0 Å². The number of H-pyrrole nitrogens is 1. The standard InChI is InChI=1S/C29H29ClN6O/c1-5-17-7-6-8-19-22-13-28(2,30)25-21(9-11-31-25)29(22,3)26-20-16-35(27-32-14-18(37-4)15-33-27)12-10-23(20)34-36(26)24(17)19/h6-9,11,13-15,31H,5,10,12,16H2,1-4H3. The minimum absolute atomic E-state index is 0.409. The zero-order chi connectivity index (χ0) is 25.5. The summed E-state index contributed by atoms with van der Waals surface area (Å²) < 4.78 is 7.51. The molecule has 1 aliphatic carbocycles. The molecule has 7 nitrogen and oxygen atoms in total. The topological polar surface area (TPSA) is 71.9 Å². The monoisotopic (exact) mass is 512 g/mol. The molecule has 0 saturated carbocycles. The van der Waals surface area contributed by atoms with Gasteiger partial charge in [-0.2, -0.15) is 5.10 Å². The zero-order valence-corrected chi connectivity index (χ0v) is 22.2. The molecular weight excluding hydrogens is 484 g/mol. The Morgan fingerprint density at radius 2 is 1.97 bits per heavy atom. The quantitative estimate of drug-likeness (QED) is 0.377. The normalized spacial score (nSPS) is 23.4. The number of benzene rings is 1. The Morgan fingerprint density at radius 3 is 2.73 bits per heavy atom. The Morgan fingerprint density at radius 1 is 1.16 bits per heavy atom. The molecule has 2 aliphatic heterocycles. The highest BCUT2D eigenvalue weighted by Gasteiger charge is 2.51. The summed E-state index contributed by atoms with van der Waals surface area (Å²) in [7, 11) is 1.63. The van der Waals surface area contributed by atoms with Gasteiger partial charge < -0.3 is 14.6 Å². The number of ether oxygens (including phenoxy) is 1. The molecule has 2 atom stereocenters. The van der Waals surface area contributed by atoms with Gasteiger partial charge >= 0.3 is 0 Å². The van der Waals surface area contributed by atoms with E-state index in [9.17, 15) is 0 Å². The van der Waals surface area contributed by atoms with Crippen LogP contribution in [0.1, 0.15) is 60.1 Å². The summed E-state index contributed by atoms with van der Waals surface area (Å²) >= 11 is 7.17. The van der Waals surface area contributed by atoms with Crippen molar-refractivity contribution in [1.82, 2.24) is 24.7 Å². The van der Waals surface area contributed by atoms with Crippen LogP contribution in [0.5, 0.6) is 5.75 Å². The van der Waals surface area contributed by atoms with E-state index in [1.165, 1.54) is 39.2 Å². The summed E-state index contributed by atoms with van der Waals surface area (Å²) in [5.41, 5.74) is 10.4. The number of allylic oxidation sites excluding steroid dienone is 2. The number of hydrogen-bond acceptors (Lipinski definition) is 5. The number of aromatic nitrogens is 5. The van der Waals surface area contributed by atoms with Gasteiger partial charge in [-0.3, -0.25) is 0 Å². The largest absolute Gasteiger partial charge is 0.494 e. The number of methoxy groups -OCH3 is 1. The van der Waals surface area contributed by atoms with Crippen LogP contribution in [0.4, 0.5) is 5.95 Å². The van der Waals surface area contributed by atoms with Crippen molar-refractivity contribution < 1.29 is 4.74 Å². The van der Waals surface area contributed by atoms with Gasteiger partial charge in [-0.05, 0) is 43.0 Å². The van der Waals surface area contributed by atoms with Crippen molar-refractivity contribution in [3.63, 3.8) is 0 Å². The molecule has 188 valence electrons. The van der Waals surface area contributed by atoms with Gasteiger partial charge in [0.25, 0.3) is 0 Å². The molecular formula is C29H29ClN6O. The number of para-hydroxylation sites is 1. The van der Waals surface area contributed by atoms with E-state index in [0.29, 0.717) is 18.2 Å². The number of nitrogens with zero attached hydrogens (tertiary/aromatic N) is 5. The third-order valence-corrected chi connectivity index (χ3v) is 8.67. The first kappa shape index (κ1) is 22.6. The minimum atomic E-state index is -0.627. The summed E-state index contributed by atoms with van der Waals surface area (Å²) in [5, 5.41) is 5.29. The van der Waals surface area contributed by atoms with Crippen LogP contribution in [0.15, 0.2) is 48.9 Å². The van der Waals surface area contributed by atoms with E-state index >= 15 is 0 Å². The van der Waals surface area contributed by atoms with Gasteiger partial charge in [-0.1, -0.05) is 31.2 Å². The lowest BCUT2D eigenvalue weighted by atomic mass is 9.63. The highest BCUT2D eigenvalue weighted by molar-refractivity contribution is 6.26. The molecule has 0 radical (unpaired) electrons. The predicted molar refractivity (Wildman–Crippen MR) is 145 cm³/mol. The first-order valence-electron chi connectivity index (χ1n) is 12.8. The molecule has 0 spiro atoms. The molecule has 4 aromatic rings. The number of hydrogen-bond donors (Lipinski definition) is 1. The Bertz CT molecular complexity index is 1580. The summed E-state index contributed by atoms with van der Waals surface area (Å²) in [5.74, 6) is 1.36. The van der Waals surface area contributed by atoms with E-state index in [4.69, 9.17) is 21.4 Å². The maximum absolute atomic E-state index is 7.17. The molecule has 2 unspecified atom stereocenters. The van der Waals surface area contributed by atoms with Gasteiger partial charge in [0.2, 0.25) is 5.95 Å². The van der Waals surface area contributed by atoms with E-state index in [-0.39, 0.29) is 0 Å². The number of nitrogens with one attached hydrogen (secondary N) is 1. The first-order valence-corrected chi connectivity index (χ1v) is 13.2. The van der Waals surface area contributed by atoms with Gasteiger partial charge in [0, 0.05) is 42.5 Å². The van der Waals surface area contributed by atoms with Crippen LogP contribution in [-0.4, -0.2) is 38.4 Å². The van der Waals surface area contributed by atoms with Gasteiger partial charge in [0.05, 0.1) is 42.0 Å². The Balaban J connectivity index is 1.48. The highest BCUT2D eigenvalue weighted by atomic mass is 35.5. The van der Waals surface area contributed by atoms with Crippen LogP contribution in [0.3, 0.4) is 0 Å². The van der Waals surface area contributed by atoms with Crippen LogP contribution >= 0.6 is 11.6 Å². The molecule has 8 heteroatoms. The maximum Gasteiger partial charge on any atom is 0.225 e. The SMILES string of the molecule is CCc1cccc2c1-n1nc3c(c1C1(C)C2=CC(C)(Cl)c2[nH]ccc21)CN(c1ncc(OC)cn1)CC3. The van der Waals surface area contributed by atoms with Crippen molar-refractivity contribution in [1.29, 1.82) is 0 Å². The fourth-order valence-electron chi connectivity index (χ4n) is 6.57. The molecule has 0 fully saturated rings. The number of fused-ring (bicyclic) bond motifs is 10. The Labute approximate surface area is 221 Å². The lowest BCUT2D eigenvalue weighted by Gasteiger charge is -2.45. The first-order chi connectivity index (χ1) is 17.9. The van der Waals surface area contributed by atoms with Gasteiger partial charge in [0.1, 0.15) is 4.87 Å². The molecule has 0 amide bonds. The van der Waals surface area contributed by atoms with Crippen LogP contribution in [-0.2, 0) is 29.7 Å². The van der Waals surface area contributed by atoms with Crippen LogP contribution < -0.4 is 9.64 Å². The van der Waals surface area contributed by atoms with Crippen LogP contribution in [0.25, 0.3) is 11.3 Å². The molecule has 1 aromatic carbocycles. The van der Waals surface area contributed by atoms with Crippen molar-refractivity contribution in [2.24, 2.45) is 0 Å². The van der Waals surface area contributed by atoms with Crippen molar-refractivity contribution in [3.05, 3.63) is 88.3 Å². The molecule has 37 heavy (non-hydrogen) atoms. The van der Waals surface area contributed by atoms with Crippen molar-refractivity contribution in [2.45, 2.75) is 50.4 Å². The van der Waals surface area contributed by atoms with E-state index in [0.717, 1.165) is 30.8 Å². The van der Waals surface area contributed by atoms with Gasteiger partial charge in [0.15, 0.2) is 5.75 Å². The maximum atomic E-state index is 7.17. The lowest BCUT2D eigenvalue weighted by Crippen LogP contribution is -2.41. The smallest absolute Gasteiger partial charge is 0.225 e. The molecule has 5 heterocycles. The van der Waals surface area contributed by atoms with Crippen molar-refractivity contribution in [3.8, 4) is 11.4 Å². The number of aryl methyl sites for hydroxylation is 1. The fourth-order valence-corrected chi connectivity index (χ4v) is 6.83. The molecule has 1 N–H and O–H groups in total. The van der Waals surface area contributed by atoms with E-state index in [1.807, 2.05) is 6.20 Å². The number of rotatable bonds is 3. The molecule has 3 aromatic heterocycles. The Hall–Kier alpha value is -3.58. The second-order valence-electron chi connectivity index (χ2n) is 10.5. The molecule has 0 bridgehead atoms. The zero-order valence-electron chi connectivity index (χ0n) is 21.5. The second-order valence-corrected chi connectivity index (χ2v) is 11.3. The van der Waals surface area contributed by atoms with E-state index in [2.05, 4.69) is 75.6 Å². The number of aromatic amines is 1. The van der Waals surface area contributed by atoms with E-state index in [1.54, 1.807) is 19.5 Å². The number of alkyl halides is 1. The average molecular weight is 513 g/mol. The lowest BCUT2D eigenvalue weighted by molar-refractivity contribution is 0.410. The Kier molecular flexibility index (Phi) is 4.71. The second kappa shape index (κ2) is 7.71. The third-order valence-electron chi connectivity index (χ3n) is 8.37. The van der Waals surface area contributed by atoms with Gasteiger partial charge in [-0.15, -0.1) is 11.6 Å². The predicted octanol–water partition coefficient (Wildman–Crippen LogP) is 5.29. The third kappa shape index (κ3) is 2.98. The van der Waals surface area contributed by atoms with Crippen molar-refractivity contribution in [2.75, 3.05) is 18.6 Å². The summed E-state index contributed by atoms with van der Waals surface area (Å²) in [4.78, 5) is 14.2. The average Bonchev–Trinajstić information content (AvgIpc) is 3.57. The van der Waals surface area contributed by atoms with Gasteiger partial charge in [-0.25, -0.2) is 14.6 Å². The molecule has 0 saturated heterocycles. The summed E-state index contributed by atoms with van der Waals surface area (Å²) in [6.07, 6.45) is 9.47. The highest BCUT2D eigenvalue weighted by Crippen LogP contribution is 2.58.